The molecule has 1 aliphatic rings. The highest BCUT2D eigenvalue weighted by Crippen LogP contribution is 2.32. The van der Waals surface area contributed by atoms with Gasteiger partial charge in [-0.1, -0.05) is 43.5 Å². The van der Waals surface area contributed by atoms with Crippen molar-refractivity contribution in [3.63, 3.8) is 0 Å². The minimum Gasteiger partial charge on any atom is -0.375 e. The van der Waals surface area contributed by atoms with Gasteiger partial charge in [0.1, 0.15) is 0 Å². The van der Waals surface area contributed by atoms with Gasteiger partial charge in [0.15, 0.2) is 5.11 Å². The van der Waals surface area contributed by atoms with Crippen molar-refractivity contribution in [2.75, 3.05) is 0 Å². The van der Waals surface area contributed by atoms with E-state index in [1.165, 1.54) is 37.7 Å². The summed E-state index contributed by atoms with van der Waals surface area (Å²) in [5, 5.41) is 3.90. The molecule has 2 rings (SSSR count). The number of hydrazone groups is 1. The monoisotopic (exact) mass is 273 g/mol. The van der Waals surface area contributed by atoms with Crippen LogP contribution in [0.4, 0.5) is 0 Å². The molecule has 0 atom stereocenters. The third kappa shape index (κ3) is 4.51. The summed E-state index contributed by atoms with van der Waals surface area (Å²) in [5.41, 5.74) is 10.2. The van der Waals surface area contributed by atoms with Gasteiger partial charge in [-0.05, 0) is 42.1 Å². The third-order valence-corrected chi connectivity index (χ3v) is 3.57. The summed E-state index contributed by atoms with van der Waals surface area (Å²) in [4.78, 5) is 0. The van der Waals surface area contributed by atoms with Crippen molar-refractivity contribution in [2.45, 2.75) is 38.0 Å². The number of nitrogens with one attached hydrogen (secondary N) is 1. The molecule has 0 radical (unpaired) electrons. The summed E-state index contributed by atoms with van der Waals surface area (Å²) in [6.45, 7) is 0. The van der Waals surface area contributed by atoms with E-state index in [2.05, 4.69) is 52.9 Å². The standard InChI is InChI=1S/C15H19N3S/c16-15(19)18-17-11-10-12-6-8-14(9-7-12)13-4-2-1-3-5-13/h6-10,13H,1-5H2,(H3,16,18,19). The highest BCUT2D eigenvalue weighted by atomic mass is 32.1. The fourth-order valence-corrected chi connectivity index (χ4v) is 2.54. The molecule has 19 heavy (non-hydrogen) atoms. The first-order valence-electron chi connectivity index (χ1n) is 6.69. The second kappa shape index (κ2) is 7.07. The second-order valence-corrected chi connectivity index (χ2v) is 5.30. The van der Waals surface area contributed by atoms with E-state index in [9.17, 15) is 0 Å². The molecule has 1 aromatic rings. The van der Waals surface area contributed by atoms with Crippen molar-refractivity contribution in [1.29, 1.82) is 0 Å². The summed E-state index contributed by atoms with van der Waals surface area (Å²) in [6.07, 6.45) is 8.58. The van der Waals surface area contributed by atoms with Crippen molar-refractivity contribution in [1.82, 2.24) is 5.43 Å². The normalized spacial score (nSPS) is 15.4. The lowest BCUT2D eigenvalue weighted by molar-refractivity contribution is 0.443. The molecule has 0 unspecified atom stereocenters. The van der Waals surface area contributed by atoms with Gasteiger partial charge in [-0.2, -0.15) is 0 Å². The number of nitrogens with two attached hydrogens (primary N) is 1. The first-order valence-corrected chi connectivity index (χ1v) is 7.10. The Morgan fingerprint density at radius 2 is 1.95 bits per heavy atom. The van der Waals surface area contributed by atoms with Crippen LogP contribution in [0.2, 0.25) is 0 Å². The van der Waals surface area contributed by atoms with Crippen LogP contribution >= 0.6 is 12.2 Å². The van der Waals surface area contributed by atoms with Gasteiger partial charge in [0.25, 0.3) is 0 Å². The molecule has 0 bridgehead atoms. The van der Waals surface area contributed by atoms with E-state index < -0.39 is 0 Å². The van der Waals surface area contributed by atoms with Gasteiger partial charge < -0.3 is 5.73 Å². The number of hydrogen-bond acceptors (Lipinski definition) is 2. The maximum Gasteiger partial charge on any atom is 0.184 e. The maximum absolute atomic E-state index is 5.25. The van der Waals surface area contributed by atoms with Crippen LogP contribution in [0.1, 0.15) is 49.1 Å². The Labute approximate surface area is 119 Å². The minimum absolute atomic E-state index is 0.147. The van der Waals surface area contributed by atoms with Crippen LogP contribution < -0.4 is 11.2 Å². The van der Waals surface area contributed by atoms with Crippen LogP contribution in [0, 0.1) is 0 Å². The molecular weight excluding hydrogens is 254 g/mol. The highest BCUT2D eigenvalue weighted by molar-refractivity contribution is 7.80. The van der Waals surface area contributed by atoms with E-state index in [0.717, 1.165) is 11.5 Å². The number of benzene rings is 1. The van der Waals surface area contributed by atoms with Gasteiger partial charge in [-0.3, -0.25) is 0 Å². The predicted molar refractivity (Wildman–Crippen MR) is 84.1 cm³/mol. The number of thiocarbonyl (C=S) groups is 1. The average Bonchev–Trinajstić information content (AvgIpc) is 2.45. The summed E-state index contributed by atoms with van der Waals surface area (Å²) in [7, 11) is 0. The zero-order valence-corrected chi connectivity index (χ0v) is 11.7. The average molecular weight is 273 g/mol. The van der Waals surface area contributed by atoms with Gasteiger partial charge in [-0.25, -0.2) is 5.43 Å². The van der Waals surface area contributed by atoms with Crippen LogP contribution in [0.25, 0.3) is 6.08 Å². The summed E-state index contributed by atoms with van der Waals surface area (Å²) >= 11 is 4.63. The van der Waals surface area contributed by atoms with E-state index in [0.29, 0.717) is 0 Å². The Morgan fingerprint density at radius 1 is 1.26 bits per heavy atom. The molecule has 1 fully saturated rings. The van der Waals surface area contributed by atoms with Crippen LogP contribution in [0.3, 0.4) is 0 Å². The number of hydrogen-bond donors (Lipinski definition) is 2. The molecule has 0 aliphatic heterocycles. The summed E-state index contributed by atoms with van der Waals surface area (Å²) in [6, 6.07) is 8.63. The molecule has 0 spiro atoms. The van der Waals surface area contributed by atoms with Gasteiger partial charge in [-0.15, -0.1) is 5.10 Å². The number of nitrogens with zero attached hydrogens (tertiary/aromatic N) is 1. The Bertz CT molecular complexity index is 481. The summed E-state index contributed by atoms with van der Waals surface area (Å²) < 4.78 is 0. The predicted octanol–water partition coefficient (Wildman–Crippen LogP) is 3.17. The fraction of sp³-hybridized carbons (Fsp3) is 0.400. The fourth-order valence-electron chi connectivity index (χ4n) is 2.49. The Morgan fingerprint density at radius 3 is 2.58 bits per heavy atom. The number of rotatable bonds is 3. The van der Waals surface area contributed by atoms with Crippen molar-refractivity contribution in [2.24, 2.45) is 10.8 Å². The van der Waals surface area contributed by atoms with E-state index >= 15 is 0 Å². The van der Waals surface area contributed by atoms with Crippen LogP contribution in [-0.4, -0.2) is 11.0 Å². The van der Waals surface area contributed by atoms with Gasteiger partial charge >= 0.3 is 0 Å². The van der Waals surface area contributed by atoms with E-state index in [4.69, 9.17) is 5.73 Å². The third-order valence-electron chi connectivity index (χ3n) is 3.47. The minimum atomic E-state index is 0.147. The van der Waals surface area contributed by atoms with Crippen LogP contribution in [-0.2, 0) is 0 Å². The molecule has 1 aromatic carbocycles. The molecule has 3 nitrogen and oxygen atoms in total. The lowest BCUT2D eigenvalue weighted by atomic mass is 9.84. The smallest absolute Gasteiger partial charge is 0.184 e. The highest BCUT2D eigenvalue weighted by Gasteiger charge is 2.14. The lowest BCUT2D eigenvalue weighted by Crippen LogP contribution is -2.23. The van der Waals surface area contributed by atoms with E-state index in [1.54, 1.807) is 6.08 Å². The molecule has 4 heteroatoms. The van der Waals surface area contributed by atoms with Crippen molar-refractivity contribution in [3.05, 3.63) is 35.4 Å². The molecule has 0 aromatic heterocycles. The molecular formula is C15H19N3S. The lowest BCUT2D eigenvalue weighted by Gasteiger charge is -2.21. The van der Waals surface area contributed by atoms with Crippen LogP contribution in [0.5, 0.6) is 0 Å². The zero-order valence-electron chi connectivity index (χ0n) is 10.9. The van der Waals surface area contributed by atoms with Gasteiger partial charge in [0, 0.05) is 11.9 Å². The van der Waals surface area contributed by atoms with Gasteiger partial charge in [0.05, 0.1) is 0 Å². The molecule has 0 amide bonds. The van der Waals surface area contributed by atoms with Crippen LogP contribution in [0.15, 0.2) is 29.4 Å². The Balaban J connectivity index is 1.97. The molecule has 0 heterocycles. The summed E-state index contributed by atoms with van der Waals surface area (Å²) in [5.74, 6) is 3.50. The first kappa shape index (κ1) is 13.8. The quantitative estimate of drug-likeness (QED) is 0.505. The Kier molecular flexibility index (Phi) is 5.13. The molecule has 3 N–H and O–H groups in total. The van der Waals surface area contributed by atoms with Crippen molar-refractivity contribution < 1.29 is 0 Å². The van der Waals surface area contributed by atoms with E-state index in [1.807, 2.05) is 0 Å². The molecule has 100 valence electrons. The second-order valence-electron chi connectivity index (χ2n) is 4.86. The first-order chi connectivity index (χ1) is 9.25. The van der Waals surface area contributed by atoms with E-state index in [-0.39, 0.29) is 5.11 Å². The Hall–Kier alpha value is -1.64. The zero-order chi connectivity index (χ0) is 13.5. The van der Waals surface area contributed by atoms with Crippen molar-refractivity contribution in [3.8, 4) is 0 Å². The molecule has 1 saturated carbocycles. The maximum atomic E-state index is 5.25. The molecule has 1 aliphatic carbocycles. The molecule has 0 saturated heterocycles. The SMILES string of the molecule is NC(=S)NN=C=Cc1ccc(C2CCCCC2)cc1. The topological polar surface area (TPSA) is 50.4 Å². The van der Waals surface area contributed by atoms with Crippen molar-refractivity contribution >= 4 is 29.3 Å². The van der Waals surface area contributed by atoms with Gasteiger partial charge in [0.2, 0.25) is 0 Å². The largest absolute Gasteiger partial charge is 0.375 e.